The van der Waals surface area contributed by atoms with E-state index in [1.807, 2.05) is 37.3 Å². The Kier molecular flexibility index (Phi) is 4.60. The maximum atomic E-state index is 13.2. The Morgan fingerprint density at radius 2 is 1.79 bits per heavy atom. The van der Waals surface area contributed by atoms with Crippen LogP contribution in [0.2, 0.25) is 5.02 Å². The van der Waals surface area contributed by atoms with Crippen LogP contribution in [0.4, 0.5) is 4.79 Å². The van der Waals surface area contributed by atoms with Gasteiger partial charge in [0, 0.05) is 10.6 Å². The third-order valence-corrected chi connectivity index (χ3v) is 5.08. The molecule has 8 heteroatoms. The molecule has 0 aliphatic carbocycles. The summed E-state index contributed by atoms with van der Waals surface area (Å²) in [5, 5.41) is 11.4. The molecule has 3 amide bonds. The lowest BCUT2D eigenvalue weighted by atomic mass is 9.87. The SMILES string of the molecule is CCC1(c2ccc(Cl)cc2)NC(=O)N(Cc2nnc(-c3ccccc3)o2)C1=O. The van der Waals surface area contributed by atoms with Gasteiger partial charge < -0.3 is 9.73 Å². The minimum absolute atomic E-state index is 0.0974. The molecule has 2 heterocycles. The van der Waals surface area contributed by atoms with E-state index >= 15 is 0 Å². The molecule has 1 aliphatic heterocycles. The number of carbonyl (C=O) groups excluding carboxylic acids is 2. The van der Waals surface area contributed by atoms with Crippen LogP contribution in [0, 0.1) is 0 Å². The first-order valence-electron chi connectivity index (χ1n) is 8.81. The van der Waals surface area contributed by atoms with Gasteiger partial charge >= 0.3 is 6.03 Å². The molecule has 7 nitrogen and oxygen atoms in total. The van der Waals surface area contributed by atoms with Crippen LogP contribution >= 0.6 is 11.6 Å². The lowest BCUT2D eigenvalue weighted by Gasteiger charge is -2.25. The highest BCUT2D eigenvalue weighted by atomic mass is 35.5. The molecular weight excluding hydrogens is 380 g/mol. The number of hydrogen-bond donors (Lipinski definition) is 1. The number of amides is 3. The summed E-state index contributed by atoms with van der Waals surface area (Å²) in [6.45, 7) is 1.75. The molecule has 1 atom stereocenters. The molecule has 0 saturated carbocycles. The lowest BCUT2D eigenvalue weighted by Crippen LogP contribution is -2.43. The van der Waals surface area contributed by atoms with Crippen molar-refractivity contribution in [3.05, 3.63) is 71.1 Å². The Morgan fingerprint density at radius 1 is 1.07 bits per heavy atom. The molecule has 1 unspecified atom stereocenters. The molecular formula is C20H17ClN4O3. The fourth-order valence-corrected chi connectivity index (χ4v) is 3.42. The van der Waals surface area contributed by atoms with Crippen molar-refractivity contribution in [3.63, 3.8) is 0 Å². The van der Waals surface area contributed by atoms with Crippen LogP contribution < -0.4 is 5.32 Å². The van der Waals surface area contributed by atoms with Crippen LogP contribution in [0.1, 0.15) is 24.8 Å². The molecule has 0 spiro atoms. The predicted octanol–water partition coefficient (Wildman–Crippen LogP) is 3.75. The fraction of sp³-hybridized carbons (Fsp3) is 0.200. The summed E-state index contributed by atoms with van der Waals surface area (Å²) in [6, 6.07) is 15.7. The summed E-state index contributed by atoms with van der Waals surface area (Å²) in [4.78, 5) is 26.8. The maximum Gasteiger partial charge on any atom is 0.325 e. The normalized spacial score (nSPS) is 19.1. The van der Waals surface area contributed by atoms with Crippen LogP contribution in [-0.2, 0) is 16.9 Å². The number of aromatic nitrogens is 2. The topological polar surface area (TPSA) is 88.3 Å². The average Bonchev–Trinajstić information content (AvgIpc) is 3.28. The third kappa shape index (κ3) is 3.03. The molecule has 142 valence electrons. The number of hydrogen-bond acceptors (Lipinski definition) is 5. The van der Waals surface area contributed by atoms with Gasteiger partial charge in [-0.2, -0.15) is 0 Å². The molecule has 1 aliphatic rings. The van der Waals surface area contributed by atoms with E-state index in [2.05, 4.69) is 15.5 Å². The number of halogens is 1. The minimum Gasteiger partial charge on any atom is -0.419 e. The number of rotatable bonds is 5. The van der Waals surface area contributed by atoms with Gasteiger partial charge in [-0.05, 0) is 36.2 Å². The van der Waals surface area contributed by atoms with Crippen LogP contribution in [0.25, 0.3) is 11.5 Å². The Hall–Kier alpha value is -3.19. The van der Waals surface area contributed by atoms with Gasteiger partial charge in [0.25, 0.3) is 5.91 Å². The Labute approximate surface area is 166 Å². The Bertz CT molecular complexity index is 1020. The highest BCUT2D eigenvalue weighted by Gasteiger charge is 2.51. The number of benzene rings is 2. The monoisotopic (exact) mass is 396 g/mol. The van der Waals surface area contributed by atoms with Crippen LogP contribution in [0.3, 0.4) is 0 Å². The second kappa shape index (κ2) is 7.09. The lowest BCUT2D eigenvalue weighted by molar-refractivity contribution is -0.132. The van der Waals surface area contributed by atoms with Crippen LogP contribution in [-0.4, -0.2) is 27.0 Å². The molecule has 2 aromatic carbocycles. The number of carbonyl (C=O) groups is 2. The van der Waals surface area contributed by atoms with Crippen molar-refractivity contribution >= 4 is 23.5 Å². The number of urea groups is 1. The van der Waals surface area contributed by atoms with Gasteiger partial charge in [-0.15, -0.1) is 10.2 Å². The fourth-order valence-electron chi connectivity index (χ4n) is 3.29. The minimum atomic E-state index is -1.13. The van der Waals surface area contributed by atoms with E-state index in [1.165, 1.54) is 0 Å². The maximum absolute atomic E-state index is 13.2. The van der Waals surface area contributed by atoms with E-state index in [-0.39, 0.29) is 18.3 Å². The summed E-state index contributed by atoms with van der Waals surface area (Å²) < 4.78 is 5.64. The molecule has 1 saturated heterocycles. The molecule has 1 fully saturated rings. The predicted molar refractivity (Wildman–Crippen MR) is 102 cm³/mol. The summed E-state index contributed by atoms with van der Waals surface area (Å²) >= 11 is 5.95. The first-order chi connectivity index (χ1) is 13.5. The van der Waals surface area contributed by atoms with Crippen molar-refractivity contribution in [2.75, 3.05) is 0 Å². The summed E-state index contributed by atoms with van der Waals surface area (Å²) in [7, 11) is 0. The second-order valence-corrected chi connectivity index (χ2v) is 6.89. The van der Waals surface area contributed by atoms with E-state index in [1.54, 1.807) is 24.3 Å². The molecule has 0 bridgehead atoms. The molecule has 3 aromatic rings. The zero-order valence-electron chi connectivity index (χ0n) is 15.1. The summed E-state index contributed by atoms with van der Waals surface area (Å²) in [5.74, 6) is 0.161. The van der Waals surface area contributed by atoms with Crippen LogP contribution in [0.5, 0.6) is 0 Å². The first-order valence-corrected chi connectivity index (χ1v) is 9.19. The van der Waals surface area contributed by atoms with E-state index in [0.29, 0.717) is 22.9 Å². The Balaban J connectivity index is 1.59. The summed E-state index contributed by atoms with van der Waals surface area (Å²) in [6.07, 6.45) is 0.398. The van der Waals surface area contributed by atoms with Crippen molar-refractivity contribution in [1.82, 2.24) is 20.4 Å². The van der Waals surface area contributed by atoms with Gasteiger partial charge in [0.15, 0.2) is 0 Å². The summed E-state index contributed by atoms with van der Waals surface area (Å²) in [5.41, 5.74) is 0.308. The van der Waals surface area contributed by atoms with Gasteiger partial charge in [0.1, 0.15) is 12.1 Å². The molecule has 1 aromatic heterocycles. The standard InChI is InChI=1S/C20H17ClN4O3/c1-2-20(14-8-10-15(21)11-9-14)18(26)25(19(27)22-20)12-16-23-24-17(28-16)13-6-4-3-5-7-13/h3-11H,2,12H2,1H3,(H,22,27). The Morgan fingerprint density at radius 3 is 2.46 bits per heavy atom. The van der Waals surface area contributed by atoms with Gasteiger partial charge in [-0.1, -0.05) is 48.9 Å². The molecule has 1 N–H and O–H groups in total. The highest BCUT2D eigenvalue weighted by Crippen LogP contribution is 2.34. The van der Waals surface area contributed by atoms with Crippen LogP contribution in [0.15, 0.2) is 59.0 Å². The zero-order valence-corrected chi connectivity index (χ0v) is 15.8. The van der Waals surface area contributed by atoms with Crippen molar-refractivity contribution < 1.29 is 14.0 Å². The van der Waals surface area contributed by atoms with Crippen molar-refractivity contribution in [2.24, 2.45) is 0 Å². The van der Waals surface area contributed by atoms with Crippen molar-refractivity contribution in [2.45, 2.75) is 25.4 Å². The molecule has 28 heavy (non-hydrogen) atoms. The third-order valence-electron chi connectivity index (χ3n) is 4.82. The first kappa shape index (κ1) is 18.2. The van der Waals surface area contributed by atoms with Gasteiger partial charge in [-0.3, -0.25) is 9.69 Å². The number of nitrogens with zero attached hydrogens (tertiary/aromatic N) is 3. The van der Waals surface area contributed by atoms with E-state index in [4.69, 9.17) is 16.0 Å². The van der Waals surface area contributed by atoms with Gasteiger partial charge in [0.05, 0.1) is 0 Å². The van der Waals surface area contributed by atoms with Gasteiger partial charge in [-0.25, -0.2) is 4.79 Å². The number of nitrogens with one attached hydrogen (secondary N) is 1. The van der Waals surface area contributed by atoms with E-state index in [0.717, 1.165) is 10.5 Å². The van der Waals surface area contributed by atoms with Crippen molar-refractivity contribution in [1.29, 1.82) is 0 Å². The van der Waals surface area contributed by atoms with Crippen molar-refractivity contribution in [3.8, 4) is 11.5 Å². The average molecular weight is 397 g/mol. The molecule has 4 rings (SSSR count). The van der Waals surface area contributed by atoms with E-state index < -0.39 is 11.6 Å². The zero-order chi connectivity index (χ0) is 19.7. The van der Waals surface area contributed by atoms with E-state index in [9.17, 15) is 9.59 Å². The highest BCUT2D eigenvalue weighted by molar-refractivity contribution is 6.30. The quantitative estimate of drug-likeness (QED) is 0.663. The van der Waals surface area contributed by atoms with Gasteiger partial charge in [0.2, 0.25) is 11.8 Å². The largest absolute Gasteiger partial charge is 0.419 e. The molecule has 0 radical (unpaired) electrons. The second-order valence-electron chi connectivity index (χ2n) is 6.45. The smallest absolute Gasteiger partial charge is 0.325 e. The number of imide groups is 1.